The molecule has 1 aromatic carbocycles. The van der Waals surface area contributed by atoms with E-state index in [0.717, 1.165) is 23.4 Å². The molecule has 0 radical (unpaired) electrons. The maximum absolute atomic E-state index is 11.7. The second-order valence-corrected chi connectivity index (χ2v) is 7.77. The average molecular weight is 397 g/mol. The minimum Gasteiger partial charge on any atom is -0.367 e. The molecule has 0 atom stereocenters. The largest absolute Gasteiger partial charge is 0.367 e. The van der Waals surface area contributed by atoms with Gasteiger partial charge in [0.2, 0.25) is 10.0 Å². The number of hydrogen-bond donors (Lipinski definition) is 1. The Balaban J connectivity index is 1.76. The summed E-state index contributed by atoms with van der Waals surface area (Å²) in [5.41, 5.74) is 0.665. The Morgan fingerprint density at radius 2 is 1.65 bits per heavy atom. The number of piperazine rings is 1. The van der Waals surface area contributed by atoms with Crippen molar-refractivity contribution in [2.75, 3.05) is 36.0 Å². The summed E-state index contributed by atoms with van der Waals surface area (Å²) >= 11 is 3.38. The van der Waals surface area contributed by atoms with Crippen LogP contribution in [0.25, 0.3) is 0 Å². The number of rotatable bonds is 3. The molecule has 1 aliphatic heterocycles. The molecule has 0 aliphatic carbocycles. The number of halogens is 1. The van der Waals surface area contributed by atoms with Crippen LogP contribution < -0.4 is 14.9 Å². The van der Waals surface area contributed by atoms with E-state index in [9.17, 15) is 8.42 Å². The summed E-state index contributed by atoms with van der Waals surface area (Å²) in [5.74, 6) is 0.924. The molecule has 1 aromatic heterocycles. The summed E-state index contributed by atoms with van der Waals surface area (Å²) in [4.78, 5) is 8.81. The van der Waals surface area contributed by atoms with Crippen LogP contribution in [0, 0.1) is 0 Å². The van der Waals surface area contributed by atoms with E-state index in [-0.39, 0.29) is 4.90 Å². The van der Waals surface area contributed by atoms with Crippen molar-refractivity contribution in [3.8, 4) is 0 Å². The third-order valence-corrected chi connectivity index (χ3v) is 5.26. The van der Waals surface area contributed by atoms with E-state index in [1.165, 1.54) is 0 Å². The predicted molar refractivity (Wildman–Crippen MR) is 94.2 cm³/mol. The topological polar surface area (TPSA) is 79.5 Å². The lowest BCUT2D eigenvalue weighted by atomic mass is 10.2. The fraction of sp³-hybridized carbons (Fsp3) is 0.267. The molecule has 23 heavy (non-hydrogen) atoms. The first-order valence-electron chi connectivity index (χ1n) is 7.18. The minimum atomic E-state index is -3.73. The molecule has 1 fully saturated rings. The van der Waals surface area contributed by atoms with Gasteiger partial charge >= 0.3 is 0 Å². The van der Waals surface area contributed by atoms with Crippen molar-refractivity contribution < 1.29 is 8.42 Å². The molecule has 1 saturated heterocycles. The van der Waals surface area contributed by atoms with E-state index in [1.807, 2.05) is 18.2 Å². The van der Waals surface area contributed by atoms with Gasteiger partial charge < -0.3 is 9.80 Å². The van der Waals surface area contributed by atoms with Crippen LogP contribution >= 0.6 is 15.9 Å². The maximum Gasteiger partial charge on any atom is 0.240 e. The normalized spacial score (nSPS) is 15.7. The van der Waals surface area contributed by atoms with Gasteiger partial charge in [0, 0.05) is 36.8 Å². The van der Waals surface area contributed by atoms with Crippen molar-refractivity contribution in [2.24, 2.45) is 5.14 Å². The second kappa shape index (κ2) is 6.46. The monoisotopic (exact) mass is 396 g/mol. The third-order valence-electron chi connectivity index (χ3n) is 3.83. The molecule has 6 nitrogen and oxygen atoms in total. The van der Waals surface area contributed by atoms with Gasteiger partial charge in [-0.05, 0) is 40.2 Å². The fourth-order valence-electron chi connectivity index (χ4n) is 2.69. The summed E-state index contributed by atoms with van der Waals surface area (Å²) in [7, 11) is -3.73. The molecule has 0 saturated carbocycles. The van der Waals surface area contributed by atoms with Gasteiger partial charge in [-0.15, -0.1) is 0 Å². The zero-order valence-corrected chi connectivity index (χ0v) is 14.8. The molecule has 1 aliphatic rings. The first kappa shape index (κ1) is 16.2. The summed E-state index contributed by atoms with van der Waals surface area (Å²) < 4.78 is 24.4. The first-order chi connectivity index (χ1) is 10.9. The van der Waals surface area contributed by atoms with Crippen LogP contribution in [0.5, 0.6) is 0 Å². The molecule has 0 spiro atoms. The predicted octanol–water partition coefficient (Wildman–Crippen LogP) is 1.82. The van der Waals surface area contributed by atoms with E-state index in [0.29, 0.717) is 18.8 Å². The summed E-state index contributed by atoms with van der Waals surface area (Å²) in [6.07, 6.45) is 1.78. The molecule has 2 heterocycles. The number of pyridine rings is 1. The summed E-state index contributed by atoms with van der Waals surface area (Å²) in [6, 6.07) is 10.8. The lowest BCUT2D eigenvalue weighted by molar-refractivity contribution is 0.595. The van der Waals surface area contributed by atoms with Crippen LogP contribution in [0.3, 0.4) is 0 Å². The molecule has 3 rings (SSSR count). The lowest BCUT2D eigenvalue weighted by Gasteiger charge is -2.37. The minimum absolute atomic E-state index is 0.176. The highest BCUT2D eigenvalue weighted by Gasteiger charge is 2.23. The molecule has 2 N–H and O–H groups in total. The van der Waals surface area contributed by atoms with E-state index in [4.69, 9.17) is 5.14 Å². The van der Waals surface area contributed by atoms with Gasteiger partial charge in [-0.25, -0.2) is 18.5 Å². The van der Waals surface area contributed by atoms with Crippen LogP contribution in [0.15, 0.2) is 52.0 Å². The Morgan fingerprint density at radius 1 is 1.00 bits per heavy atom. The highest BCUT2D eigenvalue weighted by atomic mass is 79.9. The molecule has 2 aromatic rings. The van der Waals surface area contributed by atoms with Crippen molar-refractivity contribution in [1.29, 1.82) is 0 Å². The van der Waals surface area contributed by atoms with Crippen molar-refractivity contribution in [3.05, 3.63) is 47.1 Å². The molecular formula is C15H17BrN4O2S. The Hall–Kier alpha value is -1.64. The van der Waals surface area contributed by atoms with E-state index >= 15 is 0 Å². The Bertz CT molecular complexity index is 787. The number of hydrogen-bond acceptors (Lipinski definition) is 5. The smallest absolute Gasteiger partial charge is 0.240 e. The quantitative estimate of drug-likeness (QED) is 0.855. The third kappa shape index (κ3) is 3.65. The van der Waals surface area contributed by atoms with Gasteiger partial charge in [0.25, 0.3) is 0 Å². The van der Waals surface area contributed by atoms with E-state index in [1.54, 1.807) is 24.4 Å². The average Bonchev–Trinajstić information content (AvgIpc) is 2.55. The highest BCUT2D eigenvalue weighted by Crippen LogP contribution is 2.26. The van der Waals surface area contributed by atoms with Gasteiger partial charge in [-0.3, -0.25) is 0 Å². The number of anilines is 2. The fourth-order valence-corrected chi connectivity index (χ4v) is 3.68. The molecule has 0 amide bonds. The Kier molecular flexibility index (Phi) is 4.56. The van der Waals surface area contributed by atoms with Gasteiger partial charge in [-0.2, -0.15) is 0 Å². The van der Waals surface area contributed by atoms with E-state index in [2.05, 4.69) is 30.7 Å². The van der Waals surface area contributed by atoms with Gasteiger partial charge in [0.15, 0.2) is 0 Å². The van der Waals surface area contributed by atoms with Crippen LogP contribution in [-0.4, -0.2) is 39.6 Å². The maximum atomic E-state index is 11.7. The first-order valence-corrected chi connectivity index (χ1v) is 9.52. The van der Waals surface area contributed by atoms with Crippen LogP contribution in [0.4, 0.5) is 11.5 Å². The Labute approximate surface area is 144 Å². The highest BCUT2D eigenvalue weighted by molar-refractivity contribution is 9.10. The number of nitrogens with zero attached hydrogens (tertiary/aromatic N) is 3. The van der Waals surface area contributed by atoms with Crippen molar-refractivity contribution in [1.82, 2.24) is 4.98 Å². The molecule has 8 heteroatoms. The summed E-state index contributed by atoms with van der Waals surface area (Å²) in [6.45, 7) is 2.97. The van der Waals surface area contributed by atoms with Crippen LogP contribution in [0.1, 0.15) is 0 Å². The zero-order chi connectivity index (χ0) is 16.4. The molecule has 122 valence electrons. The standard InChI is InChI=1S/C15H17BrN4O2S/c16-12-5-6-15(18-11-12)20-9-7-19(8-10-20)13-3-1-2-4-14(13)23(17,21)22/h1-6,11H,7-10H2,(H2,17,21,22). The summed E-state index contributed by atoms with van der Waals surface area (Å²) in [5, 5.41) is 5.32. The van der Waals surface area contributed by atoms with Gasteiger partial charge in [0.1, 0.15) is 10.7 Å². The Morgan fingerprint density at radius 3 is 2.26 bits per heavy atom. The number of nitrogens with two attached hydrogens (primary N) is 1. The SMILES string of the molecule is NS(=O)(=O)c1ccccc1N1CCN(c2ccc(Br)cn2)CC1. The molecular weight excluding hydrogens is 380 g/mol. The number of para-hydroxylation sites is 1. The number of benzene rings is 1. The van der Waals surface area contributed by atoms with Crippen LogP contribution in [0.2, 0.25) is 0 Å². The van der Waals surface area contributed by atoms with Gasteiger partial charge in [-0.1, -0.05) is 12.1 Å². The lowest BCUT2D eigenvalue weighted by Crippen LogP contribution is -2.47. The zero-order valence-electron chi connectivity index (χ0n) is 12.4. The number of aromatic nitrogens is 1. The van der Waals surface area contributed by atoms with Crippen LogP contribution in [-0.2, 0) is 10.0 Å². The number of sulfonamides is 1. The van der Waals surface area contributed by atoms with Crippen molar-refractivity contribution in [2.45, 2.75) is 4.90 Å². The molecule has 0 bridgehead atoms. The van der Waals surface area contributed by atoms with E-state index < -0.39 is 10.0 Å². The number of primary sulfonamides is 1. The molecule has 0 unspecified atom stereocenters. The second-order valence-electron chi connectivity index (χ2n) is 5.32. The van der Waals surface area contributed by atoms with Crippen molar-refractivity contribution in [3.63, 3.8) is 0 Å². The van der Waals surface area contributed by atoms with Gasteiger partial charge in [0.05, 0.1) is 5.69 Å². The van der Waals surface area contributed by atoms with Crippen molar-refractivity contribution >= 4 is 37.5 Å².